The van der Waals surface area contributed by atoms with Crippen molar-refractivity contribution in [2.75, 3.05) is 20.3 Å². The number of halogens is 1. The Morgan fingerprint density at radius 3 is 2.58 bits per heavy atom. The van der Waals surface area contributed by atoms with Crippen LogP contribution >= 0.6 is 11.6 Å². The van der Waals surface area contributed by atoms with Crippen molar-refractivity contribution in [1.82, 2.24) is 4.90 Å². The van der Waals surface area contributed by atoms with E-state index >= 15 is 0 Å². The number of benzene rings is 2. The van der Waals surface area contributed by atoms with E-state index in [2.05, 4.69) is 0 Å². The molecule has 0 saturated heterocycles. The Morgan fingerprint density at radius 2 is 1.83 bits per heavy atom. The summed E-state index contributed by atoms with van der Waals surface area (Å²) in [5.41, 5.74) is 1.93. The highest BCUT2D eigenvalue weighted by atomic mass is 35.5. The lowest BCUT2D eigenvalue weighted by atomic mass is 10.1. The van der Waals surface area contributed by atoms with Gasteiger partial charge in [0.1, 0.15) is 13.2 Å². The van der Waals surface area contributed by atoms with Crippen molar-refractivity contribution >= 4 is 23.6 Å². The van der Waals surface area contributed by atoms with Crippen LogP contribution in [0.25, 0.3) is 6.08 Å². The van der Waals surface area contributed by atoms with Crippen molar-refractivity contribution in [2.45, 2.75) is 6.54 Å². The van der Waals surface area contributed by atoms with Gasteiger partial charge in [0.05, 0.1) is 0 Å². The fourth-order valence-corrected chi connectivity index (χ4v) is 2.53. The van der Waals surface area contributed by atoms with E-state index in [1.165, 1.54) is 0 Å². The Labute approximate surface area is 146 Å². The lowest BCUT2D eigenvalue weighted by Gasteiger charge is -2.20. The molecular weight excluding hydrogens is 326 g/mol. The largest absolute Gasteiger partial charge is 0.486 e. The van der Waals surface area contributed by atoms with E-state index in [0.29, 0.717) is 24.8 Å². The van der Waals surface area contributed by atoms with Gasteiger partial charge in [-0.1, -0.05) is 29.8 Å². The predicted molar refractivity (Wildman–Crippen MR) is 94.4 cm³/mol. The molecule has 0 atom stereocenters. The molecule has 2 aromatic carbocycles. The summed E-state index contributed by atoms with van der Waals surface area (Å²) in [6.45, 7) is 1.62. The monoisotopic (exact) mass is 343 g/mol. The Hall–Kier alpha value is -2.46. The van der Waals surface area contributed by atoms with Crippen LogP contribution in [-0.2, 0) is 11.3 Å². The van der Waals surface area contributed by atoms with E-state index in [1.807, 2.05) is 30.3 Å². The van der Waals surface area contributed by atoms with Crippen molar-refractivity contribution < 1.29 is 14.3 Å². The van der Waals surface area contributed by atoms with Crippen LogP contribution in [-0.4, -0.2) is 31.1 Å². The van der Waals surface area contributed by atoms with Gasteiger partial charge in [-0.05, 0) is 41.5 Å². The number of rotatable bonds is 4. The number of amides is 1. The molecule has 3 rings (SSSR count). The summed E-state index contributed by atoms with van der Waals surface area (Å²) in [6, 6.07) is 13.1. The number of carbonyl (C=O) groups is 1. The first-order chi connectivity index (χ1) is 11.6. The molecule has 1 heterocycles. The molecular formula is C19H18ClNO3. The minimum Gasteiger partial charge on any atom is -0.486 e. The highest BCUT2D eigenvalue weighted by molar-refractivity contribution is 6.30. The van der Waals surface area contributed by atoms with E-state index in [-0.39, 0.29) is 5.91 Å². The number of hydrogen-bond acceptors (Lipinski definition) is 3. The number of fused-ring (bicyclic) bond motifs is 1. The van der Waals surface area contributed by atoms with Gasteiger partial charge in [-0.2, -0.15) is 0 Å². The maximum Gasteiger partial charge on any atom is 0.246 e. The summed E-state index contributed by atoms with van der Waals surface area (Å²) in [6.07, 6.45) is 3.33. The molecule has 0 bridgehead atoms. The van der Waals surface area contributed by atoms with Crippen LogP contribution < -0.4 is 9.47 Å². The minimum atomic E-state index is -0.0696. The molecule has 1 aliphatic heterocycles. The predicted octanol–water partition coefficient (Wildman–Crippen LogP) is 3.78. The molecule has 1 amide bonds. The van der Waals surface area contributed by atoms with E-state index in [0.717, 1.165) is 22.6 Å². The first kappa shape index (κ1) is 16.4. The van der Waals surface area contributed by atoms with Crippen LogP contribution in [0.3, 0.4) is 0 Å². The second kappa shape index (κ2) is 7.41. The van der Waals surface area contributed by atoms with E-state index in [1.54, 1.807) is 36.2 Å². The molecule has 0 aliphatic carbocycles. The van der Waals surface area contributed by atoms with Crippen LogP contribution in [0.1, 0.15) is 11.1 Å². The Balaban J connectivity index is 1.62. The zero-order valence-electron chi connectivity index (χ0n) is 13.4. The van der Waals surface area contributed by atoms with Crippen molar-refractivity contribution in [3.05, 3.63) is 64.7 Å². The second-order valence-electron chi connectivity index (χ2n) is 5.56. The van der Waals surface area contributed by atoms with Crippen LogP contribution in [0.5, 0.6) is 11.5 Å². The molecule has 24 heavy (non-hydrogen) atoms. The van der Waals surface area contributed by atoms with E-state index in [4.69, 9.17) is 21.1 Å². The smallest absolute Gasteiger partial charge is 0.246 e. The summed E-state index contributed by atoms with van der Waals surface area (Å²) in [5.74, 6) is 1.41. The maximum absolute atomic E-state index is 12.2. The number of hydrogen-bond donors (Lipinski definition) is 0. The van der Waals surface area contributed by atoms with E-state index < -0.39 is 0 Å². The lowest BCUT2D eigenvalue weighted by Crippen LogP contribution is -2.24. The average Bonchev–Trinajstić information content (AvgIpc) is 2.61. The highest BCUT2D eigenvalue weighted by Crippen LogP contribution is 2.31. The summed E-state index contributed by atoms with van der Waals surface area (Å²) in [4.78, 5) is 13.9. The van der Waals surface area contributed by atoms with E-state index in [9.17, 15) is 4.79 Å². The van der Waals surface area contributed by atoms with Gasteiger partial charge in [-0.3, -0.25) is 4.79 Å². The number of carbonyl (C=O) groups excluding carboxylic acids is 1. The average molecular weight is 344 g/mol. The Morgan fingerprint density at radius 1 is 1.12 bits per heavy atom. The summed E-state index contributed by atoms with van der Waals surface area (Å²) in [5, 5.41) is 0.675. The van der Waals surface area contributed by atoms with Gasteiger partial charge >= 0.3 is 0 Å². The molecule has 0 saturated carbocycles. The van der Waals surface area contributed by atoms with Crippen LogP contribution in [0, 0.1) is 0 Å². The first-order valence-corrected chi connectivity index (χ1v) is 8.07. The van der Waals surface area contributed by atoms with Crippen molar-refractivity contribution in [3.8, 4) is 11.5 Å². The molecule has 4 nitrogen and oxygen atoms in total. The van der Waals surface area contributed by atoms with Crippen LogP contribution in [0.4, 0.5) is 0 Å². The molecule has 0 spiro atoms. The van der Waals surface area contributed by atoms with Crippen LogP contribution in [0.2, 0.25) is 5.02 Å². The molecule has 1 aliphatic rings. The molecule has 0 radical (unpaired) electrons. The first-order valence-electron chi connectivity index (χ1n) is 7.69. The zero-order chi connectivity index (χ0) is 16.9. The van der Waals surface area contributed by atoms with Gasteiger partial charge in [-0.25, -0.2) is 0 Å². The van der Waals surface area contributed by atoms with Gasteiger partial charge in [-0.15, -0.1) is 0 Å². The minimum absolute atomic E-state index is 0.0696. The molecule has 0 unspecified atom stereocenters. The van der Waals surface area contributed by atoms with Crippen molar-refractivity contribution in [3.63, 3.8) is 0 Å². The van der Waals surface area contributed by atoms with Crippen LogP contribution in [0.15, 0.2) is 48.5 Å². The Kier molecular flexibility index (Phi) is 5.06. The molecule has 5 heteroatoms. The number of nitrogens with zero attached hydrogens (tertiary/aromatic N) is 1. The van der Waals surface area contributed by atoms with Gasteiger partial charge < -0.3 is 14.4 Å². The number of ether oxygens (including phenoxy) is 2. The number of likely N-dealkylation sites (N-methyl/N-ethyl adjacent to an activating group) is 1. The Bertz CT molecular complexity index is 756. The topological polar surface area (TPSA) is 38.8 Å². The SMILES string of the molecule is CN(Cc1ccc2c(c1)OCCO2)C(=O)/C=C/c1ccc(Cl)cc1. The van der Waals surface area contributed by atoms with Gasteiger partial charge in [0.25, 0.3) is 0 Å². The van der Waals surface area contributed by atoms with Crippen molar-refractivity contribution in [1.29, 1.82) is 0 Å². The third kappa shape index (κ3) is 4.09. The highest BCUT2D eigenvalue weighted by Gasteiger charge is 2.13. The maximum atomic E-state index is 12.2. The standard InChI is InChI=1S/C19H18ClNO3/c1-21(19(22)9-5-14-2-6-16(20)7-3-14)13-15-4-8-17-18(12-15)24-11-10-23-17/h2-9,12H,10-11,13H2,1H3/b9-5+. The zero-order valence-corrected chi connectivity index (χ0v) is 14.1. The molecule has 0 fully saturated rings. The summed E-state index contributed by atoms with van der Waals surface area (Å²) in [7, 11) is 1.77. The fraction of sp³-hybridized carbons (Fsp3) is 0.211. The fourth-order valence-electron chi connectivity index (χ4n) is 2.41. The van der Waals surface area contributed by atoms with Gasteiger partial charge in [0, 0.05) is 24.7 Å². The lowest BCUT2D eigenvalue weighted by molar-refractivity contribution is -0.125. The summed E-state index contributed by atoms with van der Waals surface area (Å²) >= 11 is 5.85. The second-order valence-corrected chi connectivity index (χ2v) is 5.99. The summed E-state index contributed by atoms with van der Waals surface area (Å²) < 4.78 is 11.1. The van der Waals surface area contributed by atoms with Gasteiger partial charge in [0.2, 0.25) is 5.91 Å². The quantitative estimate of drug-likeness (QED) is 0.793. The molecule has 2 aromatic rings. The normalized spacial score (nSPS) is 13.1. The molecule has 0 N–H and O–H groups in total. The molecule has 124 valence electrons. The third-order valence-electron chi connectivity index (χ3n) is 3.69. The van der Waals surface area contributed by atoms with Gasteiger partial charge in [0.15, 0.2) is 11.5 Å². The third-order valence-corrected chi connectivity index (χ3v) is 3.94. The molecule has 0 aromatic heterocycles. The van der Waals surface area contributed by atoms with Crippen molar-refractivity contribution in [2.24, 2.45) is 0 Å².